The van der Waals surface area contributed by atoms with Crippen LogP contribution in [0.5, 0.6) is 5.75 Å². The summed E-state index contributed by atoms with van der Waals surface area (Å²) >= 11 is 15.6. The number of ether oxygens (including phenoxy) is 1. The number of fused-ring (bicyclic) bond motifs is 1. The highest BCUT2D eigenvalue weighted by atomic mass is 79.9. The Morgan fingerprint density at radius 3 is 2.55 bits per heavy atom. The van der Waals surface area contributed by atoms with Gasteiger partial charge in [0.05, 0.1) is 31.7 Å². The first-order valence-corrected chi connectivity index (χ1v) is 8.30. The lowest BCUT2D eigenvalue weighted by Crippen LogP contribution is -2.05. The summed E-state index contributed by atoms with van der Waals surface area (Å²) in [4.78, 5) is 7.81. The number of nitrogens with one attached hydrogen (secondary N) is 1. The van der Waals surface area contributed by atoms with Crippen molar-refractivity contribution in [3.63, 3.8) is 0 Å². The summed E-state index contributed by atoms with van der Waals surface area (Å²) < 4.78 is 6.60. The highest BCUT2D eigenvalue weighted by molar-refractivity contribution is 9.10. The molecule has 0 aliphatic carbocycles. The third kappa shape index (κ3) is 3.09. The third-order valence-electron chi connectivity index (χ3n) is 3.09. The number of aromatic nitrogens is 2. The van der Waals surface area contributed by atoms with Gasteiger partial charge in [-0.3, -0.25) is 0 Å². The van der Waals surface area contributed by atoms with Crippen LogP contribution < -0.4 is 4.74 Å². The van der Waals surface area contributed by atoms with E-state index < -0.39 is 0 Å². The van der Waals surface area contributed by atoms with Gasteiger partial charge < -0.3 is 9.72 Å². The summed E-state index contributed by atoms with van der Waals surface area (Å²) in [6, 6.07) is 9.39. The second kappa shape index (κ2) is 6.11. The average molecular weight is 400 g/mol. The summed E-state index contributed by atoms with van der Waals surface area (Å²) in [7, 11) is 0. The van der Waals surface area contributed by atoms with Gasteiger partial charge in [-0.2, -0.15) is 0 Å². The fourth-order valence-electron chi connectivity index (χ4n) is 2.14. The number of H-pyrrole nitrogens is 1. The Morgan fingerprint density at radius 2 is 1.86 bits per heavy atom. The topological polar surface area (TPSA) is 37.9 Å². The zero-order valence-corrected chi connectivity index (χ0v) is 15.1. The third-order valence-corrected chi connectivity index (χ3v) is 4.43. The van der Waals surface area contributed by atoms with Gasteiger partial charge in [0.25, 0.3) is 0 Å². The number of hydrogen-bond acceptors (Lipinski definition) is 2. The average Bonchev–Trinajstić information content (AvgIpc) is 2.84. The van der Waals surface area contributed by atoms with Gasteiger partial charge in [-0.05, 0) is 60.1 Å². The molecule has 3 rings (SSSR count). The lowest BCUT2D eigenvalue weighted by Gasteiger charge is -2.11. The van der Waals surface area contributed by atoms with Crippen molar-refractivity contribution in [1.82, 2.24) is 9.97 Å². The standard InChI is InChI=1S/C16H13BrCl2N2O/c1-8(2)22-15-4-3-9(5-10(15)17)16-20-13-6-11(18)12(19)7-14(13)21-16/h3-8H,1-2H3,(H,20,21). The number of nitrogens with zero attached hydrogens (tertiary/aromatic N) is 1. The van der Waals surface area contributed by atoms with Gasteiger partial charge in [-0.25, -0.2) is 4.98 Å². The van der Waals surface area contributed by atoms with Crippen molar-refractivity contribution in [2.24, 2.45) is 0 Å². The van der Waals surface area contributed by atoms with Crippen molar-refractivity contribution in [3.05, 3.63) is 44.8 Å². The molecule has 1 heterocycles. The molecule has 0 aliphatic rings. The van der Waals surface area contributed by atoms with Crippen LogP contribution in [0.15, 0.2) is 34.8 Å². The van der Waals surface area contributed by atoms with Crippen molar-refractivity contribution in [2.75, 3.05) is 0 Å². The number of imidazole rings is 1. The molecule has 22 heavy (non-hydrogen) atoms. The molecule has 0 saturated carbocycles. The van der Waals surface area contributed by atoms with Crippen LogP contribution in [0.2, 0.25) is 10.0 Å². The molecular weight excluding hydrogens is 387 g/mol. The Hall–Kier alpha value is -1.23. The van der Waals surface area contributed by atoms with Crippen LogP contribution in [0.25, 0.3) is 22.4 Å². The molecule has 3 nitrogen and oxygen atoms in total. The Morgan fingerprint density at radius 1 is 1.14 bits per heavy atom. The number of benzene rings is 2. The second-order valence-corrected chi connectivity index (χ2v) is 6.85. The van der Waals surface area contributed by atoms with Crippen molar-refractivity contribution in [2.45, 2.75) is 20.0 Å². The maximum atomic E-state index is 6.03. The number of rotatable bonds is 3. The summed E-state index contributed by atoms with van der Waals surface area (Å²) in [5, 5.41) is 1.00. The molecule has 0 spiro atoms. The lowest BCUT2D eigenvalue weighted by atomic mass is 10.2. The van der Waals surface area contributed by atoms with Crippen LogP contribution in [0.1, 0.15) is 13.8 Å². The van der Waals surface area contributed by atoms with E-state index in [0.29, 0.717) is 10.0 Å². The minimum atomic E-state index is 0.123. The van der Waals surface area contributed by atoms with E-state index in [0.717, 1.165) is 32.6 Å². The zero-order valence-electron chi connectivity index (χ0n) is 12.0. The van der Waals surface area contributed by atoms with E-state index in [4.69, 9.17) is 27.9 Å². The first-order valence-electron chi connectivity index (χ1n) is 6.75. The van der Waals surface area contributed by atoms with E-state index in [-0.39, 0.29) is 6.10 Å². The van der Waals surface area contributed by atoms with Crippen molar-refractivity contribution in [1.29, 1.82) is 0 Å². The summed E-state index contributed by atoms with van der Waals surface area (Å²) in [5.41, 5.74) is 2.58. The van der Waals surface area contributed by atoms with Gasteiger partial charge in [-0.1, -0.05) is 23.2 Å². The zero-order chi connectivity index (χ0) is 15.9. The monoisotopic (exact) mass is 398 g/mol. The van der Waals surface area contributed by atoms with E-state index in [2.05, 4.69) is 25.9 Å². The van der Waals surface area contributed by atoms with Crippen molar-refractivity contribution < 1.29 is 4.74 Å². The predicted molar refractivity (Wildman–Crippen MR) is 95.0 cm³/mol. The molecule has 0 unspecified atom stereocenters. The normalized spacial score (nSPS) is 11.4. The van der Waals surface area contributed by atoms with Crippen molar-refractivity contribution in [3.8, 4) is 17.1 Å². The summed E-state index contributed by atoms with van der Waals surface area (Å²) in [6.07, 6.45) is 0.123. The van der Waals surface area contributed by atoms with E-state index in [1.54, 1.807) is 12.1 Å². The quantitative estimate of drug-likeness (QED) is 0.578. The van der Waals surface area contributed by atoms with Crippen molar-refractivity contribution >= 4 is 50.2 Å². The fraction of sp³-hybridized carbons (Fsp3) is 0.188. The molecule has 0 aliphatic heterocycles. The SMILES string of the molecule is CC(C)Oc1ccc(-c2nc3cc(Cl)c(Cl)cc3[nH]2)cc1Br. The molecule has 6 heteroatoms. The number of hydrogen-bond donors (Lipinski definition) is 1. The largest absolute Gasteiger partial charge is 0.490 e. The highest BCUT2D eigenvalue weighted by Crippen LogP contribution is 2.32. The Labute approximate surface area is 146 Å². The fourth-order valence-corrected chi connectivity index (χ4v) is 2.93. The van der Waals surface area contributed by atoms with Gasteiger partial charge in [0, 0.05) is 5.56 Å². The highest BCUT2D eigenvalue weighted by Gasteiger charge is 2.11. The maximum absolute atomic E-state index is 6.03. The van der Waals surface area contributed by atoms with E-state index in [1.807, 2.05) is 32.0 Å². The van der Waals surface area contributed by atoms with Crippen LogP contribution in [-0.2, 0) is 0 Å². The van der Waals surface area contributed by atoms with E-state index in [9.17, 15) is 0 Å². The molecule has 0 amide bonds. The van der Waals surface area contributed by atoms with Crippen LogP contribution in [0, 0.1) is 0 Å². The molecule has 0 fully saturated rings. The molecule has 0 atom stereocenters. The molecule has 0 radical (unpaired) electrons. The predicted octanol–water partition coefficient (Wildman–Crippen LogP) is 6.09. The molecule has 114 valence electrons. The first-order chi connectivity index (χ1) is 10.4. The second-order valence-electron chi connectivity index (χ2n) is 5.18. The molecule has 2 aromatic carbocycles. The molecule has 1 aromatic heterocycles. The maximum Gasteiger partial charge on any atom is 0.138 e. The minimum Gasteiger partial charge on any atom is -0.490 e. The molecule has 3 aromatic rings. The number of aromatic amines is 1. The smallest absolute Gasteiger partial charge is 0.138 e. The molecule has 0 bridgehead atoms. The Bertz CT molecular complexity index is 807. The van der Waals surface area contributed by atoms with Gasteiger partial charge in [-0.15, -0.1) is 0 Å². The van der Waals surface area contributed by atoms with Gasteiger partial charge in [0.2, 0.25) is 0 Å². The summed E-state index contributed by atoms with van der Waals surface area (Å²) in [5.74, 6) is 1.56. The Balaban J connectivity index is 2.02. The van der Waals surface area contributed by atoms with E-state index in [1.165, 1.54) is 0 Å². The van der Waals surface area contributed by atoms with Gasteiger partial charge in [0.15, 0.2) is 0 Å². The van der Waals surface area contributed by atoms with Crippen LogP contribution in [0.4, 0.5) is 0 Å². The molecule has 0 saturated heterocycles. The van der Waals surface area contributed by atoms with Crippen LogP contribution >= 0.6 is 39.1 Å². The van der Waals surface area contributed by atoms with Gasteiger partial charge >= 0.3 is 0 Å². The van der Waals surface area contributed by atoms with E-state index >= 15 is 0 Å². The van der Waals surface area contributed by atoms with Gasteiger partial charge in [0.1, 0.15) is 11.6 Å². The number of halogens is 3. The Kier molecular flexibility index (Phi) is 4.35. The van der Waals surface area contributed by atoms with Crippen LogP contribution in [0.3, 0.4) is 0 Å². The first kappa shape index (κ1) is 15.7. The minimum absolute atomic E-state index is 0.123. The lowest BCUT2D eigenvalue weighted by molar-refractivity contribution is 0.241. The molecular formula is C16H13BrCl2N2O. The molecule has 1 N–H and O–H groups in total. The summed E-state index contributed by atoms with van der Waals surface area (Å²) in [6.45, 7) is 3.99. The van der Waals surface area contributed by atoms with Crippen LogP contribution in [-0.4, -0.2) is 16.1 Å².